The van der Waals surface area contributed by atoms with Crippen molar-refractivity contribution in [3.05, 3.63) is 52.7 Å². The van der Waals surface area contributed by atoms with E-state index in [9.17, 15) is 14.7 Å². The van der Waals surface area contributed by atoms with Gasteiger partial charge in [0.25, 0.3) is 0 Å². The van der Waals surface area contributed by atoms with Crippen LogP contribution in [0.2, 0.25) is 0 Å². The Hall–Kier alpha value is -2.18. The molecular formula is C17H18N2O3S. The summed E-state index contributed by atoms with van der Waals surface area (Å²) in [7, 11) is 0. The molecule has 1 aromatic heterocycles. The standard InChI is InChI=1S/C17H18N2O3S/c20-15(12-6-7-23-11-12)9-18-17(22)13-8-16(21)19(10-13)14-4-2-1-3-5-14/h1-7,11,13,15,20H,8-10H2,(H,18,22). The van der Waals surface area contributed by atoms with E-state index >= 15 is 0 Å². The summed E-state index contributed by atoms with van der Waals surface area (Å²) in [5.41, 5.74) is 1.61. The third-order valence-electron chi connectivity index (χ3n) is 3.96. The Morgan fingerprint density at radius 3 is 2.83 bits per heavy atom. The number of aliphatic hydroxyl groups is 1. The first-order valence-electron chi connectivity index (χ1n) is 7.48. The molecule has 0 saturated carbocycles. The Morgan fingerprint density at radius 2 is 2.13 bits per heavy atom. The van der Waals surface area contributed by atoms with Crippen LogP contribution in [0.5, 0.6) is 0 Å². The van der Waals surface area contributed by atoms with E-state index in [0.717, 1.165) is 11.3 Å². The van der Waals surface area contributed by atoms with Gasteiger partial charge < -0.3 is 15.3 Å². The average Bonchev–Trinajstić information content (AvgIpc) is 3.23. The largest absolute Gasteiger partial charge is 0.387 e. The molecule has 1 fully saturated rings. The monoisotopic (exact) mass is 330 g/mol. The molecule has 1 aromatic carbocycles. The van der Waals surface area contributed by atoms with Gasteiger partial charge in [-0.25, -0.2) is 0 Å². The number of para-hydroxylation sites is 1. The topological polar surface area (TPSA) is 69.6 Å². The predicted octanol–water partition coefficient (Wildman–Crippen LogP) is 1.95. The summed E-state index contributed by atoms with van der Waals surface area (Å²) in [4.78, 5) is 26.0. The Balaban J connectivity index is 1.56. The fourth-order valence-electron chi connectivity index (χ4n) is 2.66. The second-order valence-electron chi connectivity index (χ2n) is 5.56. The van der Waals surface area contributed by atoms with Crippen LogP contribution in [0.1, 0.15) is 18.1 Å². The number of hydrogen-bond donors (Lipinski definition) is 2. The van der Waals surface area contributed by atoms with Crippen molar-refractivity contribution in [1.29, 1.82) is 0 Å². The quantitative estimate of drug-likeness (QED) is 0.880. The number of hydrogen-bond acceptors (Lipinski definition) is 4. The second-order valence-corrected chi connectivity index (χ2v) is 6.34. The van der Waals surface area contributed by atoms with Crippen LogP contribution >= 0.6 is 11.3 Å². The van der Waals surface area contributed by atoms with Crippen LogP contribution in [-0.4, -0.2) is 30.0 Å². The molecule has 2 heterocycles. The van der Waals surface area contributed by atoms with Crippen LogP contribution in [0.3, 0.4) is 0 Å². The number of rotatable bonds is 5. The van der Waals surface area contributed by atoms with Gasteiger partial charge in [0, 0.05) is 25.2 Å². The maximum absolute atomic E-state index is 12.2. The molecule has 2 N–H and O–H groups in total. The molecule has 0 spiro atoms. The number of carbonyl (C=O) groups is 2. The fourth-order valence-corrected chi connectivity index (χ4v) is 3.37. The highest BCUT2D eigenvalue weighted by molar-refractivity contribution is 7.07. The van der Waals surface area contributed by atoms with E-state index in [1.165, 1.54) is 11.3 Å². The molecule has 23 heavy (non-hydrogen) atoms. The number of thiophene rings is 1. The predicted molar refractivity (Wildman–Crippen MR) is 89.2 cm³/mol. The van der Waals surface area contributed by atoms with Gasteiger partial charge in [-0.3, -0.25) is 9.59 Å². The van der Waals surface area contributed by atoms with Crippen molar-refractivity contribution in [2.24, 2.45) is 5.92 Å². The molecule has 3 rings (SSSR count). The van der Waals surface area contributed by atoms with Crippen LogP contribution in [0.4, 0.5) is 5.69 Å². The number of benzene rings is 1. The number of carbonyl (C=O) groups excluding carboxylic acids is 2. The van der Waals surface area contributed by atoms with E-state index in [4.69, 9.17) is 0 Å². The Labute approximate surface area is 138 Å². The lowest BCUT2D eigenvalue weighted by atomic mass is 10.1. The molecule has 2 aromatic rings. The number of anilines is 1. The first-order chi connectivity index (χ1) is 11.1. The summed E-state index contributed by atoms with van der Waals surface area (Å²) in [6.07, 6.45) is -0.512. The van der Waals surface area contributed by atoms with Crippen molar-refractivity contribution >= 4 is 28.8 Å². The van der Waals surface area contributed by atoms with Crippen molar-refractivity contribution in [3.8, 4) is 0 Å². The SMILES string of the molecule is O=C(NCC(O)c1ccsc1)C1CC(=O)N(c2ccccc2)C1. The smallest absolute Gasteiger partial charge is 0.227 e. The van der Waals surface area contributed by atoms with Gasteiger partial charge in [0.05, 0.1) is 12.0 Å². The number of nitrogens with zero attached hydrogens (tertiary/aromatic N) is 1. The van der Waals surface area contributed by atoms with E-state index in [1.807, 2.05) is 47.2 Å². The molecule has 1 aliphatic rings. The zero-order valence-corrected chi connectivity index (χ0v) is 13.3. The van der Waals surface area contributed by atoms with Gasteiger partial charge in [0.1, 0.15) is 0 Å². The van der Waals surface area contributed by atoms with E-state index < -0.39 is 6.10 Å². The first kappa shape index (κ1) is 15.7. The highest BCUT2D eigenvalue weighted by Gasteiger charge is 2.35. The summed E-state index contributed by atoms with van der Waals surface area (Å²) >= 11 is 1.50. The molecule has 1 aliphatic heterocycles. The minimum absolute atomic E-state index is 0.0465. The molecule has 0 radical (unpaired) electrons. The van der Waals surface area contributed by atoms with E-state index in [1.54, 1.807) is 4.90 Å². The number of nitrogens with one attached hydrogen (secondary N) is 1. The Morgan fingerprint density at radius 1 is 1.35 bits per heavy atom. The van der Waals surface area contributed by atoms with Gasteiger partial charge in [-0.05, 0) is 34.5 Å². The van der Waals surface area contributed by atoms with Gasteiger partial charge in [-0.2, -0.15) is 11.3 Å². The van der Waals surface area contributed by atoms with Gasteiger partial charge in [-0.15, -0.1) is 0 Å². The Kier molecular flexibility index (Phi) is 4.73. The molecule has 0 aliphatic carbocycles. The zero-order valence-electron chi connectivity index (χ0n) is 12.5. The van der Waals surface area contributed by atoms with Crippen molar-refractivity contribution < 1.29 is 14.7 Å². The molecule has 2 amide bonds. The maximum atomic E-state index is 12.2. The third kappa shape index (κ3) is 3.60. The first-order valence-corrected chi connectivity index (χ1v) is 8.42. The minimum atomic E-state index is -0.715. The van der Waals surface area contributed by atoms with Crippen molar-refractivity contribution in [1.82, 2.24) is 5.32 Å². The number of aliphatic hydroxyl groups excluding tert-OH is 1. The molecule has 0 bridgehead atoms. The zero-order chi connectivity index (χ0) is 16.2. The summed E-state index contributed by atoms with van der Waals surface area (Å²) in [5.74, 6) is -0.613. The highest BCUT2D eigenvalue weighted by Crippen LogP contribution is 2.25. The van der Waals surface area contributed by atoms with E-state index in [0.29, 0.717) is 6.54 Å². The normalized spacial score (nSPS) is 18.9. The molecule has 2 atom stereocenters. The van der Waals surface area contributed by atoms with Crippen LogP contribution in [0, 0.1) is 5.92 Å². The fraction of sp³-hybridized carbons (Fsp3) is 0.294. The summed E-state index contributed by atoms with van der Waals surface area (Å²) in [6.45, 7) is 0.537. The van der Waals surface area contributed by atoms with Crippen LogP contribution in [-0.2, 0) is 9.59 Å². The lowest BCUT2D eigenvalue weighted by Crippen LogP contribution is -2.35. The summed E-state index contributed by atoms with van der Waals surface area (Å²) < 4.78 is 0. The van der Waals surface area contributed by atoms with Crippen molar-refractivity contribution in [2.45, 2.75) is 12.5 Å². The molecule has 1 saturated heterocycles. The molecular weight excluding hydrogens is 312 g/mol. The van der Waals surface area contributed by atoms with Crippen LogP contribution in [0.15, 0.2) is 47.2 Å². The lowest BCUT2D eigenvalue weighted by Gasteiger charge is -2.17. The van der Waals surface area contributed by atoms with Gasteiger partial charge in [-0.1, -0.05) is 18.2 Å². The van der Waals surface area contributed by atoms with Gasteiger partial charge in [0.15, 0.2) is 0 Å². The van der Waals surface area contributed by atoms with Crippen molar-refractivity contribution in [3.63, 3.8) is 0 Å². The lowest BCUT2D eigenvalue weighted by molar-refractivity contribution is -0.126. The highest BCUT2D eigenvalue weighted by atomic mass is 32.1. The van der Waals surface area contributed by atoms with Gasteiger partial charge in [0.2, 0.25) is 11.8 Å². The maximum Gasteiger partial charge on any atom is 0.227 e. The van der Waals surface area contributed by atoms with E-state index in [-0.39, 0.29) is 30.7 Å². The van der Waals surface area contributed by atoms with Crippen LogP contribution < -0.4 is 10.2 Å². The molecule has 2 unspecified atom stereocenters. The summed E-state index contributed by atoms with van der Waals surface area (Å²) in [5, 5.41) is 16.5. The third-order valence-corrected chi connectivity index (χ3v) is 4.66. The van der Waals surface area contributed by atoms with Gasteiger partial charge >= 0.3 is 0 Å². The summed E-state index contributed by atoms with van der Waals surface area (Å²) in [6, 6.07) is 11.2. The minimum Gasteiger partial charge on any atom is -0.387 e. The molecule has 5 nitrogen and oxygen atoms in total. The molecule has 120 valence electrons. The number of amides is 2. The van der Waals surface area contributed by atoms with Crippen LogP contribution in [0.25, 0.3) is 0 Å². The van der Waals surface area contributed by atoms with Crippen molar-refractivity contribution in [2.75, 3.05) is 18.0 Å². The van der Waals surface area contributed by atoms with E-state index in [2.05, 4.69) is 5.32 Å². The molecule has 6 heteroatoms. The second kappa shape index (κ2) is 6.93. The average molecular weight is 330 g/mol. The Bertz CT molecular complexity index is 672.